The number of anilines is 1. The molecule has 1 aliphatic rings. The van der Waals surface area contributed by atoms with Crippen molar-refractivity contribution in [1.29, 1.82) is 0 Å². The zero-order valence-corrected chi connectivity index (χ0v) is 11.1. The summed E-state index contributed by atoms with van der Waals surface area (Å²) in [6.07, 6.45) is 5.74. The fourth-order valence-corrected chi connectivity index (χ4v) is 2.23. The van der Waals surface area contributed by atoms with Crippen LogP contribution < -0.4 is 10.2 Å². The SMILES string of the molecule is CCCN(c1ncccc1C(C)NC)C1CC1. The zero-order valence-electron chi connectivity index (χ0n) is 11.1. The van der Waals surface area contributed by atoms with E-state index in [4.69, 9.17) is 0 Å². The quantitative estimate of drug-likeness (QED) is 0.819. The van der Waals surface area contributed by atoms with Gasteiger partial charge in [-0.1, -0.05) is 13.0 Å². The van der Waals surface area contributed by atoms with Crippen LogP contribution in [0.3, 0.4) is 0 Å². The molecule has 2 rings (SSSR count). The molecule has 3 heteroatoms. The van der Waals surface area contributed by atoms with Gasteiger partial charge in [-0.05, 0) is 39.3 Å². The van der Waals surface area contributed by atoms with Gasteiger partial charge >= 0.3 is 0 Å². The summed E-state index contributed by atoms with van der Waals surface area (Å²) in [5.41, 5.74) is 1.32. The topological polar surface area (TPSA) is 28.2 Å². The van der Waals surface area contributed by atoms with Crippen LogP contribution in [0.5, 0.6) is 0 Å². The fraction of sp³-hybridized carbons (Fsp3) is 0.643. The normalized spacial score (nSPS) is 16.9. The third-order valence-corrected chi connectivity index (χ3v) is 3.44. The van der Waals surface area contributed by atoms with Crippen LogP contribution in [0.25, 0.3) is 0 Å². The van der Waals surface area contributed by atoms with E-state index >= 15 is 0 Å². The molecule has 3 nitrogen and oxygen atoms in total. The highest BCUT2D eigenvalue weighted by Gasteiger charge is 2.31. The maximum atomic E-state index is 4.61. The Bertz CT molecular complexity index is 360. The van der Waals surface area contributed by atoms with Gasteiger partial charge in [0.05, 0.1) is 0 Å². The van der Waals surface area contributed by atoms with Crippen LogP contribution in [-0.4, -0.2) is 24.6 Å². The molecule has 17 heavy (non-hydrogen) atoms. The molecular formula is C14H23N3. The molecule has 0 spiro atoms. The van der Waals surface area contributed by atoms with Crippen LogP contribution in [-0.2, 0) is 0 Å². The molecule has 0 amide bonds. The Labute approximate surface area is 104 Å². The molecule has 0 radical (unpaired) electrons. The van der Waals surface area contributed by atoms with Crippen molar-refractivity contribution in [2.75, 3.05) is 18.5 Å². The number of nitrogens with one attached hydrogen (secondary N) is 1. The van der Waals surface area contributed by atoms with Gasteiger partial charge in [-0.25, -0.2) is 4.98 Å². The van der Waals surface area contributed by atoms with Crippen molar-refractivity contribution < 1.29 is 0 Å². The Morgan fingerprint density at radius 3 is 2.88 bits per heavy atom. The van der Waals surface area contributed by atoms with Gasteiger partial charge in [0.25, 0.3) is 0 Å². The first-order chi connectivity index (χ1) is 8.27. The summed E-state index contributed by atoms with van der Waals surface area (Å²) in [7, 11) is 2.00. The first-order valence-electron chi connectivity index (χ1n) is 6.66. The molecule has 0 saturated heterocycles. The molecule has 1 aromatic heterocycles. The van der Waals surface area contributed by atoms with Gasteiger partial charge in [0.15, 0.2) is 0 Å². The minimum atomic E-state index is 0.358. The Morgan fingerprint density at radius 2 is 2.29 bits per heavy atom. The fourth-order valence-electron chi connectivity index (χ4n) is 2.23. The number of aromatic nitrogens is 1. The van der Waals surface area contributed by atoms with Gasteiger partial charge in [0.1, 0.15) is 5.82 Å². The summed E-state index contributed by atoms with van der Waals surface area (Å²) >= 11 is 0. The Balaban J connectivity index is 2.28. The molecule has 0 bridgehead atoms. The van der Waals surface area contributed by atoms with Gasteiger partial charge < -0.3 is 10.2 Å². The first kappa shape index (κ1) is 12.4. The van der Waals surface area contributed by atoms with Crippen LogP contribution in [0.4, 0.5) is 5.82 Å². The average molecular weight is 233 g/mol. The minimum absolute atomic E-state index is 0.358. The van der Waals surface area contributed by atoms with E-state index in [0.29, 0.717) is 6.04 Å². The monoisotopic (exact) mass is 233 g/mol. The number of nitrogens with zero attached hydrogens (tertiary/aromatic N) is 2. The van der Waals surface area contributed by atoms with E-state index in [-0.39, 0.29) is 0 Å². The summed E-state index contributed by atoms with van der Waals surface area (Å²) in [5.74, 6) is 1.18. The number of rotatable bonds is 6. The van der Waals surface area contributed by atoms with Crippen LogP contribution in [0.2, 0.25) is 0 Å². The largest absolute Gasteiger partial charge is 0.353 e. The van der Waals surface area contributed by atoms with Crippen molar-refractivity contribution in [3.05, 3.63) is 23.9 Å². The molecule has 1 aromatic rings. The summed E-state index contributed by atoms with van der Waals surface area (Å²) in [6, 6.07) is 5.31. The Hall–Kier alpha value is -1.09. The highest BCUT2D eigenvalue weighted by atomic mass is 15.2. The second kappa shape index (κ2) is 5.50. The van der Waals surface area contributed by atoms with Crippen LogP contribution >= 0.6 is 0 Å². The molecule has 0 aromatic carbocycles. The highest BCUT2D eigenvalue weighted by Crippen LogP contribution is 2.34. The Kier molecular flexibility index (Phi) is 4.00. The molecular weight excluding hydrogens is 210 g/mol. The molecule has 1 atom stereocenters. The molecule has 1 aliphatic carbocycles. The van der Waals surface area contributed by atoms with Gasteiger partial charge in [0, 0.05) is 30.4 Å². The lowest BCUT2D eigenvalue weighted by Crippen LogP contribution is -2.29. The maximum Gasteiger partial charge on any atom is 0.133 e. The number of hydrogen-bond donors (Lipinski definition) is 1. The first-order valence-corrected chi connectivity index (χ1v) is 6.66. The van der Waals surface area contributed by atoms with Crippen molar-refractivity contribution >= 4 is 5.82 Å². The predicted octanol–water partition coefficient (Wildman–Crippen LogP) is 2.74. The van der Waals surface area contributed by atoms with Crippen LogP contribution in [0.1, 0.15) is 44.7 Å². The molecule has 1 N–H and O–H groups in total. The van der Waals surface area contributed by atoms with E-state index in [0.717, 1.165) is 12.6 Å². The van der Waals surface area contributed by atoms with E-state index in [2.05, 4.69) is 35.1 Å². The maximum absolute atomic E-state index is 4.61. The summed E-state index contributed by atoms with van der Waals surface area (Å²) in [4.78, 5) is 7.10. The second-order valence-electron chi connectivity index (χ2n) is 4.85. The van der Waals surface area contributed by atoms with E-state index in [1.165, 1.54) is 30.6 Å². The smallest absolute Gasteiger partial charge is 0.133 e. The zero-order chi connectivity index (χ0) is 12.3. The predicted molar refractivity (Wildman–Crippen MR) is 72.4 cm³/mol. The van der Waals surface area contributed by atoms with Gasteiger partial charge in [-0.15, -0.1) is 0 Å². The highest BCUT2D eigenvalue weighted by molar-refractivity contribution is 5.50. The lowest BCUT2D eigenvalue weighted by Gasteiger charge is -2.27. The van der Waals surface area contributed by atoms with Crippen molar-refractivity contribution in [2.24, 2.45) is 0 Å². The molecule has 94 valence electrons. The third-order valence-electron chi connectivity index (χ3n) is 3.44. The molecule has 1 fully saturated rings. The van der Waals surface area contributed by atoms with Crippen LogP contribution in [0, 0.1) is 0 Å². The summed E-state index contributed by atoms with van der Waals surface area (Å²) in [6.45, 7) is 5.54. The van der Waals surface area contributed by atoms with Crippen molar-refractivity contribution in [3.8, 4) is 0 Å². The Morgan fingerprint density at radius 1 is 1.53 bits per heavy atom. The van der Waals surface area contributed by atoms with Crippen molar-refractivity contribution in [2.45, 2.75) is 45.2 Å². The van der Waals surface area contributed by atoms with Crippen molar-refractivity contribution in [3.63, 3.8) is 0 Å². The van der Waals surface area contributed by atoms with Crippen molar-refractivity contribution in [1.82, 2.24) is 10.3 Å². The second-order valence-corrected chi connectivity index (χ2v) is 4.85. The average Bonchev–Trinajstić information content (AvgIpc) is 3.19. The van der Waals surface area contributed by atoms with Gasteiger partial charge in [0.2, 0.25) is 0 Å². The molecule has 1 heterocycles. The number of pyridine rings is 1. The molecule has 1 unspecified atom stereocenters. The molecule has 1 saturated carbocycles. The van der Waals surface area contributed by atoms with E-state index in [9.17, 15) is 0 Å². The third kappa shape index (κ3) is 2.78. The lowest BCUT2D eigenvalue weighted by molar-refractivity contribution is 0.639. The summed E-state index contributed by atoms with van der Waals surface area (Å²) in [5, 5.41) is 3.31. The van der Waals surface area contributed by atoms with Gasteiger partial charge in [-0.3, -0.25) is 0 Å². The van der Waals surface area contributed by atoms with E-state index in [1.54, 1.807) is 0 Å². The summed E-state index contributed by atoms with van der Waals surface area (Å²) < 4.78 is 0. The van der Waals surface area contributed by atoms with E-state index in [1.807, 2.05) is 19.3 Å². The molecule has 0 aliphatic heterocycles. The van der Waals surface area contributed by atoms with E-state index < -0.39 is 0 Å². The van der Waals surface area contributed by atoms with Gasteiger partial charge in [-0.2, -0.15) is 0 Å². The number of hydrogen-bond acceptors (Lipinski definition) is 3. The minimum Gasteiger partial charge on any atom is -0.353 e. The standard InChI is InChI=1S/C14H23N3/c1-4-10-17(12-7-8-12)14-13(11(2)15-3)6-5-9-16-14/h5-6,9,11-12,15H,4,7-8,10H2,1-3H3. The van der Waals surface area contributed by atoms with Crippen LogP contribution in [0.15, 0.2) is 18.3 Å². The lowest BCUT2D eigenvalue weighted by atomic mass is 10.1.